The number of hydrogen-bond acceptors (Lipinski definition) is 1. The van der Waals surface area contributed by atoms with E-state index in [-0.39, 0.29) is 0 Å². The highest BCUT2D eigenvalue weighted by Crippen LogP contribution is 2.26. The van der Waals surface area contributed by atoms with Gasteiger partial charge in [-0.2, -0.15) is 0 Å². The van der Waals surface area contributed by atoms with Crippen molar-refractivity contribution in [1.82, 2.24) is 0 Å². The van der Waals surface area contributed by atoms with Gasteiger partial charge >= 0.3 is 0 Å². The normalized spacial score (nSPS) is 11.1. The third-order valence-corrected chi connectivity index (χ3v) is 2.84. The maximum absolute atomic E-state index is 5.53. The van der Waals surface area contributed by atoms with E-state index in [1.807, 2.05) is 30.3 Å². The molecule has 0 unspecified atom stereocenters. The molecule has 0 aliphatic carbocycles. The largest absolute Gasteiger partial charge is 0.412 e. The quantitative estimate of drug-likeness (QED) is 0.517. The van der Waals surface area contributed by atoms with Crippen LogP contribution in [0.3, 0.4) is 0 Å². The zero-order valence-electron chi connectivity index (χ0n) is 7.86. The molecule has 0 saturated carbocycles. The molecular formula is C11H14OSi. The van der Waals surface area contributed by atoms with Gasteiger partial charge in [-0.15, -0.1) is 0 Å². The van der Waals surface area contributed by atoms with Gasteiger partial charge in [0.25, 0.3) is 0 Å². The summed E-state index contributed by atoms with van der Waals surface area (Å²) < 4.78 is 5.53. The summed E-state index contributed by atoms with van der Waals surface area (Å²) in [5, 5.41) is 0. The van der Waals surface area contributed by atoms with E-state index in [0.717, 1.165) is 5.56 Å². The maximum Gasteiger partial charge on any atom is 0.148 e. The molecule has 68 valence electrons. The van der Waals surface area contributed by atoms with E-state index >= 15 is 0 Å². The molecule has 1 aromatic rings. The van der Waals surface area contributed by atoms with Gasteiger partial charge in [0, 0.05) is 0 Å². The summed E-state index contributed by atoms with van der Waals surface area (Å²) in [5.41, 5.74) is 0.586. The smallest absolute Gasteiger partial charge is 0.148 e. The van der Waals surface area contributed by atoms with Crippen LogP contribution < -0.4 is 0 Å². The van der Waals surface area contributed by atoms with E-state index in [1.165, 1.54) is 0 Å². The van der Waals surface area contributed by atoms with Crippen molar-refractivity contribution in [1.29, 1.82) is 0 Å². The van der Waals surface area contributed by atoms with Crippen molar-refractivity contribution in [2.24, 2.45) is 0 Å². The van der Waals surface area contributed by atoms with Crippen molar-refractivity contribution in [2.75, 3.05) is 0 Å². The predicted molar refractivity (Wildman–Crippen MR) is 59.5 cm³/mol. The minimum atomic E-state index is -0.493. The molecule has 0 saturated heterocycles. The van der Waals surface area contributed by atoms with Crippen LogP contribution in [0.1, 0.15) is 5.56 Å². The lowest BCUT2D eigenvalue weighted by molar-refractivity contribution is 0.193. The first-order valence-electron chi connectivity index (χ1n) is 4.17. The lowest BCUT2D eigenvalue weighted by Crippen LogP contribution is -2.22. The van der Waals surface area contributed by atoms with Crippen LogP contribution in [0.25, 0.3) is 0 Å². The SMILES string of the molecule is C=CC(C=C)(O[SiH3])c1ccccc1. The van der Waals surface area contributed by atoms with Gasteiger partial charge in [-0.1, -0.05) is 55.6 Å². The highest BCUT2D eigenvalue weighted by molar-refractivity contribution is 5.98. The molecule has 0 heterocycles. The van der Waals surface area contributed by atoms with E-state index in [2.05, 4.69) is 13.2 Å². The number of rotatable bonds is 4. The molecule has 0 aliphatic heterocycles. The van der Waals surface area contributed by atoms with Crippen LogP contribution in [0, 0.1) is 0 Å². The number of hydrogen-bond donors (Lipinski definition) is 0. The molecule has 2 heteroatoms. The summed E-state index contributed by atoms with van der Waals surface area (Å²) in [6.45, 7) is 7.55. The van der Waals surface area contributed by atoms with Gasteiger partial charge in [0.05, 0.1) is 0 Å². The fourth-order valence-corrected chi connectivity index (χ4v) is 1.87. The first-order chi connectivity index (χ1) is 6.29. The molecule has 0 radical (unpaired) electrons. The van der Waals surface area contributed by atoms with E-state index in [0.29, 0.717) is 10.5 Å². The van der Waals surface area contributed by atoms with Crippen LogP contribution >= 0.6 is 0 Å². The Hall–Kier alpha value is -1.12. The summed E-state index contributed by atoms with van der Waals surface area (Å²) in [6.07, 6.45) is 3.56. The van der Waals surface area contributed by atoms with Gasteiger partial charge in [-0.25, -0.2) is 0 Å². The zero-order chi connectivity index (χ0) is 9.73. The van der Waals surface area contributed by atoms with Crippen LogP contribution in [-0.2, 0) is 10.0 Å². The van der Waals surface area contributed by atoms with Crippen molar-refractivity contribution in [3.8, 4) is 0 Å². The minimum Gasteiger partial charge on any atom is -0.412 e. The van der Waals surface area contributed by atoms with Crippen molar-refractivity contribution in [3.05, 3.63) is 61.2 Å². The van der Waals surface area contributed by atoms with Crippen LogP contribution in [0.2, 0.25) is 0 Å². The molecule has 1 rings (SSSR count). The third kappa shape index (κ3) is 1.79. The zero-order valence-corrected chi connectivity index (χ0v) is 9.86. The second-order valence-corrected chi connectivity index (χ2v) is 3.18. The second-order valence-electron chi connectivity index (χ2n) is 2.77. The van der Waals surface area contributed by atoms with Crippen molar-refractivity contribution in [2.45, 2.75) is 5.60 Å². The summed E-state index contributed by atoms with van der Waals surface area (Å²) >= 11 is 0. The average Bonchev–Trinajstić information content (AvgIpc) is 2.23. The predicted octanol–water partition coefficient (Wildman–Crippen LogP) is 1.55. The second kappa shape index (κ2) is 4.21. The standard InChI is InChI=1S/C11H14OSi/c1-3-11(4-2,12-13)10-8-6-5-7-9-10/h3-9H,1-2H2,13H3. The van der Waals surface area contributed by atoms with Crippen LogP contribution in [-0.4, -0.2) is 10.5 Å². The van der Waals surface area contributed by atoms with Crippen molar-refractivity contribution < 1.29 is 4.43 Å². The molecule has 0 aromatic heterocycles. The molecule has 1 nitrogen and oxygen atoms in total. The fourth-order valence-electron chi connectivity index (χ4n) is 1.30. The third-order valence-electron chi connectivity index (χ3n) is 2.17. The van der Waals surface area contributed by atoms with Gasteiger partial charge in [-0.05, 0) is 5.56 Å². The minimum absolute atomic E-state index is 0.493. The Bertz CT molecular complexity index is 284. The highest BCUT2D eigenvalue weighted by Gasteiger charge is 2.22. The number of benzene rings is 1. The van der Waals surface area contributed by atoms with Crippen LogP contribution in [0.15, 0.2) is 55.6 Å². The lowest BCUT2D eigenvalue weighted by Gasteiger charge is -2.26. The summed E-state index contributed by atoms with van der Waals surface area (Å²) in [4.78, 5) is 0. The monoisotopic (exact) mass is 190 g/mol. The summed E-state index contributed by atoms with van der Waals surface area (Å²) in [5.74, 6) is 0. The first-order valence-corrected chi connectivity index (χ1v) is 4.98. The van der Waals surface area contributed by atoms with Crippen molar-refractivity contribution in [3.63, 3.8) is 0 Å². The molecular weight excluding hydrogens is 176 g/mol. The van der Waals surface area contributed by atoms with Gasteiger partial charge in [0.1, 0.15) is 16.1 Å². The Labute approximate surface area is 82.3 Å². The Kier molecular flexibility index (Phi) is 3.23. The Balaban J connectivity index is 3.15. The van der Waals surface area contributed by atoms with Gasteiger partial charge < -0.3 is 4.43 Å². The molecule has 0 fully saturated rings. The van der Waals surface area contributed by atoms with Crippen LogP contribution in [0.4, 0.5) is 0 Å². The van der Waals surface area contributed by atoms with Gasteiger partial charge in [0.2, 0.25) is 0 Å². The fraction of sp³-hybridized carbons (Fsp3) is 0.0909. The average molecular weight is 190 g/mol. The maximum atomic E-state index is 5.53. The molecule has 0 spiro atoms. The lowest BCUT2D eigenvalue weighted by atomic mass is 9.94. The van der Waals surface area contributed by atoms with Crippen molar-refractivity contribution >= 4 is 10.5 Å². The Morgan fingerprint density at radius 2 is 1.69 bits per heavy atom. The molecule has 0 bridgehead atoms. The van der Waals surface area contributed by atoms with Gasteiger partial charge in [-0.3, -0.25) is 0 Å². The molecule has 1 aromatic carbocycles. The van der Waals surface area contributed by atoms with Crippen LogP contribution in [0.5, 0.6) is 0 Å². The first kappa shape index (κ1) is 9.96. The summed E-state index contributed by atoms with van der Waals surface area (Å²) in [6, 6.07) is 9.98. The highest BCUT2D eigenvalue weighted by atomic mass is 28.2. The molecule has 0 N–H and O–H groups in total. The van der Waals surface area contributed by atoms with E-state index in [4.69, 9.17) is 4.43 Å². The van der Waals surface area contributed by atoms with E-state index in [9.17, 15) is 0 Å². The summed E-state index contributed by atoms with van der Waals surface area (Å²) in [7, 11) is 0.658. The molecule has 13 heavy (non-hydrogen) atoms. The van der Waals surface area contributed by atoms with Gasteiger partial charge in [0.15, 0.2) is 0 Å². The molecule has 0 atom stereocenters. The van der Waals surface area contributed by atoms with E-state index in [1.54, 1.807) is 12.2 Å². The Morgan fingerprint density at radius 3 is 2.08 bits per heavy atom. The van der Waals surface area contributed by atoms with E-state index < -0.39 is 5.60 Å². The molecule has 0 aliphatic rings. The molecule has 0 amide bonds. The topological polar surface area (TPSA) is 9.23 Å². The Morgan fingerprint density at radius 1 is 1.15 bits per heavy atom.